The standard InChI is InChI=1S/C51H81N19O10S2/c1-28(2)22-35(44(76)65-33(41(53)73)12-7-19-60-49(54)55)67-47(79)39(14-9-21-62-51(58)59)70(3)48(80)34(13-8-20-61-50(56)57)66-46(78)38-27-82-81-26-37(68-42(74)32(52)23-30-15-17-31(71)18-16-30)43(75)63-25-40(72)64-36(45(77)69-38)24-29-10-5-4-6-11-29/h4-6,10-11,15-18,28,32-39,71H,7-9,12-14,19-27,52H2,1-3H3,(H2,53,73)(H,63,75)(H,64,72)(H,65,76)(H,66,78)(H,67,79)(H,68,74)(H,69,77)(H4,54,55,60)(H4,56,57,61)(H4,58,59,62)/t32-,33-,34-,35+,36-,37+,38-,39-/m0/s1. The molecule has 2 aromatic carbocycles. The molecule has 1 aliphatic rings. The Hall–Kier alpha value is -8.06. The molecule has 0 bridgehead atoms. The first-order valence-electron chi connectivity index (χ1n) is 26.5. The summed E-state index contributed by atoms with van der Waals surface area (Å²) in [6.45, 7) is 3.23. The second-order valence-corrected chi connectivity index (χ2v) is 22.3. The minimum absolute atomic E-state index is 0.0151. The van der Waals surface area contributed by atoms with E-state index in [-0.39, 0.29) is 118 Å². The normalized spacial score (nSPS) is 17.7. The molecule has 9 amide bonds. The van der Waals surface area contributed by atoms with Gasteiger partial charge in [0.05, 0.1) is 12.6 Å². The van der Waals surface area contributed by atoms with E-state index >= 15 is 0 Å². The Bertz CT molecular complexity index is 2550. The number of aromatic hydroxyl groups is 1. The predicted molar refractivity (Wildman–Crippen MR) is 314 cm³/mol. The lowest BCUT2D eigenvalue weighted by atomic mass is 10.0. The van der Waals surface area contributed by atoms with Crippen molar-refractivity contribution in [3.05, 3.63) is 65.7 Å². The molecular weight excluding hydrogens is 1100 g/mol. The number of hydrogen-bond donors (Lipinski definition) is 16. The predicted octanol–water partition coefficient (Wildman–Crippen LogP) is -4.56. The van der Waals surface area contributed by atoms with Gasteiger partial charge in [-0.3, -0.25) is 58.1 Å². The molecular formula is C51H81N19O10S2. The third kappa shape index (κ3) is 25.6. The van der Waals surface area contributed by atoms with Gasteiger partial charge in [0, 0.05) is 44.6 Å². The van der Waals surface area contributed by atoms with Crippen LogP contribution in [0.5, 0.6) is 5.75 Å². The van der Waals surface area contributed by atoms with Gasteiger partial charge in [-0.1, -0.05) is 77.9 Å². The zero-order valence-corrected chi connectivity index (χ0v) is 48.0. The van der Waals surface area contributed by atoms with Crippen molar-refractivity contribution in [2.75, 3.05) is 44.7 Å². The zero-order valence-electron chi connectivity index (χ0n) is 46.3. The number of likely N-dealkylation sites (N-methyl/N-ethyl adjacent to an activating group) is 1. The van der Waals surface area contributed by atoms with Crippen molar-refractivity contribution in [3.8, 4) is 5.75 Å². The Morgan fingerprint density at radius 3 is 1.82 bits per heavy atom. The SMILES string of the molecule is CC(C)C[C@@H](NC(=O)[C@H](CCCN=C(N)N)N(C)C(=O)[C@H](CCCN=C(N)N)NC(=O)[C@@H]1CSSC[C@@H](NC(=O)[C@@H](N)Cc2ccc(O)cc2)C(=O)NCC(=O)N[C@@H](Cc2ccccc2)C(=O)N1)C(=O)N[C@@H](CCCN=C(N)N)C(N)=O. The van der Waals surface area contributed by atoms with Crippen molar-refractivity contribution in [3.63, 3.8) is 0 Å². The second-order valence-electron chi connectivity index (χ2n) is 19.7. The molecule has 24 N–H and O–H groups in total. The maximum atomic E-state index is 14.9. The number of hydrogen-bond acceptors (Lipinski definition) is 16. The van der Waals surface area contributed by atoms with E-state index in [0.717, 1.165) is 26.5 Å². The van der Waals surface area contributed by atoms with Crippen molar-refractivity contribution in [1.29, 1.82) is 0 Å². The van der Waals surface area contributed by atoms with E-state index in [0.29, 0.717) is 11.1 Å². The minimum atomic E-state index is -1.42. The van der Waals surface area contributed by atoms with Crippen molar-refractivity contribution in [1.82, 2.24) is 42.1 Å². The summed E-state index contributed by atoms with van der Waals surface area (Å²) < 4.78 is 0. The van der Waals surface area contributed by atoms with Gasteiger partial charge in [-0.15, -0.1) is 0 Å². The highest BCUT2D eigenvalue weighted by Gasteiger charge is 2.37. The lowest BCUT2D eigenvalue weighted by Crippen LogP contribution is -2.60. The summed E-state index contributed by atoms with van der Waals surface area (Å²) in [5.41, 5.74) is 46.3. The summed E-state index contributed by atoms with van der Waals surface area (Å²) in [6, 6.07) is 4.55. The first-order valence-corrected chi connectivity index (χ1v) is 29.0. The minimum Gasteiger partial charge on any atom is -0.508 e. The highest BCUT2D eigenvalue weighted by Crippen LogP contribution is 2.24. The number of phenols is 1. The third-order valence-corrected chi connectivity index (χ3v) is 14.9. The number of carbonyl (C=O) groups is 9. The summed E-state index contributed by atoms with van der Waals surface area (Å²) in [5.74, 6) is -8.03. The number of nitrogens with one attached hydrogen (secondary N) is 7. The topological polar surface area (TPSA) is 507 Å². The van der Waals surface area contributed by atoms with Crippen molar-refractivity contribution in [2.24, 2.45) is 66.8 Å². The largest absolute Gasteiger partial charge is 0.508 e. The molecule has 0 radical (unpaired) electrons. The van der Waals surface area contributed by atoms with Crippen LogP contribution in [0.4, 0.5) is 0 Å². The van der Waals surface area contributed by atoms with E-state index in [1.165, 1.54) is 19.2 Å². The number of benzene rings is 2. The average molecular weight is 1180 g/mol. The van der Waals surface area contributed by atoms with Crippen LogP contribution < -0.4 is 83.1 Å². The number of amides is 9. The average Bonchev–Trinajstić information content (AvgIpc) is 3.44. The van der Waals surface area contributed by atoms with Crippen molar-refractivity contribution in [2.45, 2.75) is 120 Å². The van der Waals surface area contributed by atoms with Gasteiger partial charge < -0.3 is 93.1 Å². The smallest absolute Gasteiger partial charge is 0.245 e. The van der Waals surface area contributed by atoms with Gasteiger partial charge >= 0.3 is 0 Å². The zero-order chi connectivity index (χ0) is 60.9. The monoisotopic (exact) mass is 1180 g/mol. The van der Waals surface area contributed by atoms with E-state index in [1.807, 2.05) is 13.8 Å². The molecule has 0 spiro atoms. The van der Waals surface area contributed by atoms with Crippen molar-refractivity contribution < 1.29 is 48.3 Å². The van der Waals surface area contributed by atoms with Crippen LogP contribution in [0, 0.1) is 5.92 Å². The molecule has 1 fully saturated rings. The van der Waals surface area contributed by atoms with Crippen LogP contribution in [0.1, 0.15) is 69.9 Å². The van der Waals surface area contributed by atoms with E-state index < -0.39 is 108 Å². The molecule has 0 saturated carbocycles. The van der Waals surface area contributed by atoms with Gasteiger partial charge in [-0.2, -0.15) is 0 Å². The first kappa shape index (κ1) is 68.2. The fraction of sp³-hybridized carbons (Fsp3) is 0.529. The van der Waals surface area contributed by atoms with Crippen LogP contribution in [0.25, 0.3) is 0 Å². The number of guanidine groups is 3. The maximum absolute atomic E-state index is 14.9. The van der Waals surface area contributed by atoms with Crippen LogP contribution in [0.2, 0.25) is 0 Å². The van der Waals surface area contributed by atoms with Gasteiger partial charge in [-0.25, -0.2) is 0 Å². The van der Waals surface area contributed by atoms with Crippen LogP contribution >= 0.6 is 21.6 Å². The molecule has 29 nitrogen and oxygen atoms in total. The number of nitrogens with two attached hydrogens (primary N) is 8. The van der Waals surface area contributed by atoms with E-state index in [1.54, 1.807) is 42.5 Å². The van der Waals surface area contributed by atoms with Gasteiger partial charge in [0.15, 0.2) is 17.9 Å². The van der Waals surface area contributed by atoms with Gasteiger partial charge in [0.2, 0.25) is 53.2 Å². The van der Waals surface area contributed by atoms with Crippen LogP contribution in [0.3, 0.4) is 0 Å². The molecule has 0 aliphatic carbocycles. The van der Waals surface area contributed by atoms with Gasteiger partial charge in [0.1, 0.15) is 48.0 Å². The van der Waals surface area contributed by atoms with Crippen LogP contribution in [-0.2, 0) is 56.0 Å². The summed E-state index contributed by atoms with van der Waals surface area (Å²) in [4.78, 5) is 138. The highest BCUT2D eigenvalue weighted by atomic mass is 33.1. The van der Waals surface area contributed by atoms with Gasteiger partial charge in [0.25, 0.3) is 0 Å². The Labute approximate surface area is 484 Å². The summed E-state index contributed by atoms with van der Waals surface area (Å²) in [6.07, 6.45) is 0.571. The lowest BCUT2D eigenvalue weighted by Gasteiger charge is -2.33. The molecule has 0 aromatic heterocycles. The molecule has 3 rings (SSSR count). The van der Waals surface area contributed by atoms with E-state index in [9.17, 15) is 48.3 Å². The van der Waals surface area contributed by atoms with Crippen LogP contribution in [-0.4, -0.2) is 174 Å². The maximum Gasteiger partial charge on any atom is 0.245 e. The Kier molecular flexibility index (Phi) is 29.6. The third-order valence-electron chi connectivity index (χ3n) is 12.5. The molecule has 2 aromatic rings. The fourth-order valence-corrected chi connectivity index (χ4v) is 10.5. The van der Waals surface area contributed by atoms with E-state index in [2.05, 4.69) is 52.2 Å². The Morgan fingerprint density at radius 1 is 0.683 bits per heavy atom. The molecule has 1 aliphatic heterocycles. The van der Waals surface area contributed by atoms with Crippen molar-refractivity contribution >= 4 is 92.6 Å². The number of rotatable bonds is 29. The molecule has 0 unspecified atom stereocenters. The summed E-state index contributed by atoms with van der Waals surface area (Å²) >= 11 is 0. The first-order chi connectivity index (χ1) is 38.8. The molecule has 1 saturated heterocycles. The fourth-order valence-electron chi connectivity index (χ4n) is 8.18. The molecule has 31 heteroatoms. The lowest BCUT2D eigenvalue weighted by molar-refractivity contribution is -0.143. The molecule has 8 atom stereocenters. The highest BCUT2D eigenvalue weighted by molar-refractivity contribution is 8.76. The Morgan fingerprint density at radius 2 is 1.24 bits per heavy atom. The number of primary amides is 1. The molecule has 452 valence electrons. The molecule has 82 heavy (non-hydrogen) atoms. The Balaban J connectivity index is 2.01. The summed E-state index contributed by atoms with van der Waals surface area (Å²) in [5, 5.41) is 28.3. The summed E-state index contributed by atoms with van der Waals surface area (Å²) in [7, 11) is 3.44. The number of aliphatic imine (C=N–C) groups is 3. The number of carbonyl (C=O) groups excluding carboxylic acids is 9. The second kappa shape index (κ2) is 35.6. The van der Waals surface area contributed by atoms with E-state index in [4.69, 9.17) is 45.9 Å². The quantitative estimate of drug-likeness (QED) is 0.0158. The number of nitrogens with zero attached hydrogens (tertiary/aromatic N) is 4. The molecule has 1 heterocycles. The van der Waals surface area contributed by atoms with Gasteiger partial charge in [-0.05, 0) is 80.5 Å². The number of phenolic OH excluding ortho intramolecular Hbond substituents is 1. The van der Waals surface area contributed by atoms with Crippen LogP contribution in [0.15, 0.2) is 69.6 Å².